The third-order valence-electron chi connectivity index (χ3n) is 11.8. The monoisotopic (exact) mass is 764 g/mol. The van der Waals surface area contributed by atoms with E-state index in [1.165, 1.54) is 49.3 Å². The number of hydrogen-bond acceptors (Lipinski definition) is 1. The van der Waals surface area contributed by atoms with Crippen LogP contribution in [0, 0.1) is 0 Å². The number of hydrogen-bond donors (Lipinski definition) is 0. The Bertz CT molecular complexity index is 3240. The summed E-state index contributed by atoms with van der Waals surface area (Å²) in [5.74, 6) is 0. The minimum atomic E-state index is 1.07. The van der Waals surface area contributed by atoms with Gasteiger partial charge in [0.05, 0.1) is 22.4 Å². The molecule has 282 valence electrons. The first kappa shape index (κ1) is 35.2. The standard InChI is InChI=1S/C58H40N2/c1-5-19-41(20-6-1)46-28-17-29-47(39-46)59-54-34-16-15-31-52(54)53-37-36-48(40-56(53)59)60(55-38-35-44-25-13-14-30-49(44)57(55)45-26-11-4-12-27-45)58-50(42-21-7-2-8-22-42)32-18-33-51(58)43-23-9-3-10-24-43/h1-40H. The van der Waals surface area contributed by atoms with Crippen LogP contribution in [0.3, 0.4) is 0 Å². The zero-order chi connectivity index (χ0) is 39.8. The van der Waals surface area contributed by atoms with Gasteiger partial charge in [-0.1, -0.05) is 206 Å². The van der Waals surface area contributed by atoms with Gasteiger partial charge in [-0.05, 0) is 75.0 Å². The van der Waals surface area contributed by atoms with Crippen molar-refractivity contribution in [3.8, 4) is 50.2 Å². The van der Waals surface area contributed by atoms with Crippen molar-refractivity contribution >= 4 is 49.6 Å². The maximum Gasteiger partial charge on any atom is 0.0618 e. The summed E-state index contributed by atoms with van der Waals surface area (Å²) in [4.78, 5) is 2.53. The van der Waals surface area contributed by atoms with E-state index < -0.39 is 0 Å². The van der Waals surface area contributed by atoms with E-state index in [2.05, 4.69) is 252 Å². The first-order chi connectivity index (χ1) is 29.8. The van der Waals surface area contributed by atoms with E-state index in [0.717, 1.165) is 50.5 Å². The van der Waals surface area contributed by atoms with Gasteiger partial charge < -0.3 is 9.47 Å². The van der Waals surface area contributed by atoms with E-state index >= 15 is 0 Å². The van der Waals surface area contributed by atoms with E-state index in [-0.39, 0.29) is 0 Å². The van der Waals surface area contributed by atoms with Crippen molar-refractivity contribution in [3.05, 3.63) is 243 Å². The van der Waals surface area contributed by atoms with Crippen LogP contribution in [0.5, 0.6) is 0 Å². The quantitative estimate of drug-likeness (QED) is 0.150. The highest BCUT2D eigenvalue weighted by Crippen LogP contribution is 2.51. The van der Waals surface area contributed by atoms with Crippen LogP contribution >= 0.6 is 0 Å². The topological polar surface area (TPSA) is 8.17 Å². The molecule has 0 aliphatic carbocycles. The number of nitrogens with zero attached hydrogens (tertiary/aromatic N) is 2. The Morgan fingerprint density at radius 3 is 1.53 bits per heavy atom. The van der Waals surface area contributed by atoms with Gasteiger partial charge in [0.1, 0.15) is 0 Å². The molecule has 0 N–H and O–H groups in total. The van der Waals surface area contributed by atoms with Gasteiger partial charge in [0.15, 0.2) is 0 Å². The summed E-state index contributed by atoms with van der Waals surface area (Å²) in [7, 11) is 0. The molecule has 1 heterocycles. The fourth-order valence-corrected chi connectivity index (χ4v) is 9.06. The van der Waals surface area contributed by atoms with Crippen molar-refractivity contribution in [1.82, 2.24) is 4.57 Å². The van der Waals surface area contributed by atoms with Crippen molar-refractivity contribution in [1.29, 1.82) is 0 Å². The number of benzene rings is 10. The van der Waals surface area contributed by atoms with E-state index in [4.69, 9.17) is 0 Å². The van der Waals surface area contributed by atoms with Crippen molar-refractivity contribution in [2.45, 2.75) is 0 Å². The van der Waals surface area contributed by atoms with E-state index in [0.29, 0.717) is 0 Å². The number of rotatable bonds is 8. The minimum absolute atomic E-state index is 1.07. The van der Waals surface area contributed by atoms with Gasteiger partial charge in [0.2, 0.25) is 0 Å². The van der Waals surface area contributed by atoms with Gasteiger partial charge >= 0.3 is 0 Å². The number of para-hydroxylation sites is 2. The summed E-state index contributed by atoms with van der Waals surface area (Å²) in [6.07, 6.45) is 0. The fourth-order valence-electron chi connectivity index (χ4n) is 9.06. The first-order valence-corrected chi connectivity index (χ1v) is 20.6. The smallest absolute Gasteiger partial charge is 0.0618 e. The van der Waals surface area contributed by atoms with Gasteiger partial charge in [0.25, 0.3) is 0 Å². The Morgan fingerprint density at radius 1 is 0.317 bits per heavy atom. The predicted octanol–water partition coefficient (Wildman–Crippen LogP) is 16.1. The van der Waals surface area contributed by atoms with Gasteiger partial charge in [0, 0.05) is 38.8 Å². The molecule has 60 heavy (non-hydrogen) atoms. The van der Waals surface area contributed by atoms with Crippen LogP contribution in [0.15, 0.2) is 243 Å². The van der Waals surface area contributed by atoms with Crippen LogP contribution in [0.25, 0.3) is 82.8 Å². The Labute approximate surface area is 350 Å². The lowest BCUT2D eigenvalue weighted by Crippen LogP contribution is -2.14. The van der Waals surface area contributed by atoms with Crippen LogP contribution in [0.2, 0.25) is 0 Å². The second kappa shape index (κ2) is 15.1. The molecule has 0 aliphatic rings. The van der Waals surface area contributed by atoms with Crippen LogP contribution in [0.1, 0.15) is 0 Å². The molecule has 0 spiro atoms. The lowest BCUT2D eigenvalue weighted by molar-refractivity contribution is 1.18. The summed E-state index contributed by atoms with van der Waals surface area (Å²) in [6.45, 7) is 0. The Hall–Kier alpha value is -7.94. The number of aromatic nitrogens is 1. The highest BCUT2D eigenvalue weighted by Gasteiger charge is 2.26. The Kier molecular flexibility index (Phi) is 8.87. The Morgan fingerprint density at radius 2 is 0.850 bits per heavy atom. The molecular formula is C58H40N2. The van der Waals surface area contributed by atoms with Crippen molar-refractivity contribution in [3.63, 3.8) is 0 Å². The molecule has 2 nitrogen and oxygen atoms in total. The maximum atomic E-state index is 2.53. The van der Waals surface area contributed by atoms with Gasteiger partial charge in [-0.3, -0.25) is 0 Å². The van der Waals surface area contributed by atoms with Crippen LogP contribution < -0.4 is 4.90 Å². The molecule has 0 unspecified atom stereocenters. The Balaban J connectivity index is 1.26. The number of anilines is 3. The molecule has 11 rings (SSSR count). The maximum absolute atomic E-state index is 2.53. The normalized spacial score (nSPS) is 11.3. The zero-order valence-corrected chi connectivity index (χ0v) is 33.0. The highest BCUT2D eigenvalue weighted by atomic mass is 15.2. The highest BCUT2D eigenvalue weighted by molar-refractivity contribution is 6.12. The minimum Gasteiger partial charge on any atom is -0.309 e. The zero-order valence-electron chi connectivity index (χ0n) is 33.0. The predicted molar refractivity (Wildman–Crippen MR) is 255 cm³/mol. The van der Waals surface area contributed by atoms with E-state index in [1.807, 2.05) is 0 Å². The molecule has 11 aromatic rings. The lowest BCUT2D eigenvalue weighted by Gasteiger charge is -2.32. The second-order valence-corrected chi connectivity index (χ2v) is 15.3. The molecule has 0 saturated heterocycles. The van der Waals surface area contributed by atoms with Gasteiger partial charge in [-0.15, -0.1) is 0 Å². The lowest BCUT2D eigenvalue weighted by atomic mass is 9.91. The molecule has 1 aromatic heterocycles. The summed E-state index contributed by atoms with van der Waals surface area (Å²) in [6, 6.07) is 88.1. The molecule has 0 atom stereocenters. The largest absolute Gasteiger partial charge is 0.309 e. The van der Waals surface area contributed by atoms with Crippen LogP contribution in [-0.2, 0) is 0 Å². The third kappa shape index (κ3) is 6.14. The van der Waals surface area contributed by atoms with Crippen LogP contribution in [-0.4, -0.2) is 4.57 Å². The second-order valence-electron chi connectivity index (χ2n) is 15.3. The van der Waals surface area contributed by atoms with Crippen molar-refractivity contribution in [2.24, 2.45) is 0 Å². The molecule has 0 radical (unpaired) electrons. The van der Waals surface area contributed by atoms with Gasteiger partial charge in [-0.2, -0.15) is 0 Å². The average Bonchev–Trinajstić information content (AvgIpc) is 3.66. The third-order valence-corrected chi connectivity index (χ3v) is 11.8. The molecule has 0 fully saturated rings. The average molecular weight is 765 g/mol. The molecule has 0 saturated carbocycles. The summed E-state index contributed by atoms with van der Waals surface area (Å²) >= 11 is 0. The van der Waals surface area contributed by atoms with E-state index in [9.17, 15) is 0 Å². The molecule has 0 bridgehead atoms. The van der Waals surface area contributed by atoms with E-state index in [1.54, 1.807) is 0 Å². The summed E-state index contributed by atoms with van der Waals surface area (Å²) in [5, 5.41) is 4.84. The summed E-state index contributed by atoms with van der Waals surface area (Å²) < 4.78 is 2.44. The first-order valence-electron chi connectivity index (χ1n) is 20.6. The SMILES string of the molecule is c1ccc(-c2cccc(-n3c4ccccc4c4ccc(N(c5ccc6ccccc6c5-c5ccccc5)c5c(-c6ccccc6)cccc5-c5ccccc5)cc43)c2)cc1. The summed E-state index contributed by atoms with van der Waals surface area (Å²) in [5.41, 5.74) is 16.1. The van der Waals surface area contributed by atoms with Crippen LogP contribution in [0.4, 0.5) is 17.1 Å². The van der Waals surface area contributed by atoms with Gasteiger partial charge in [-0.25, -0.2) is 0 Å². The van der Waals surface area contributed by atoms with Crippen molar-refractivity contribution in [2.75, 3.05) is 4.90 Å². The molecule has 10 aromatic carbocycles. The number of fused-ring (bicyclic) bond motifs is 4. The fraction of sp³-hybridized carbons (Fsp3) is 0. The molecule has 0 aliphatic heterocycles. The molecular weight excluding hydrogens is 725 g/mol. The van der Waals surface area contributed by atoms with Crippen molar-refractivity contribution < 1.29 is 0 Å². The molecule has 2 heteroatoms. The molecule has 0 amide bonds.